The minimum atomic E-state index is 0.0902. The summed E-state index contributed by atoms with van der Waals surface area (Å²) in [5, 5.41) is 3.52. The fourth-order valence-electron chi connectivity index (χ4n) is 2.04. The molecule has 0 saturated heterocycles. The van der Waals surface area contributed by atoms with Gasteiger partial charge in [0.05, 0.1) is 10.9 Å². The summed E-state index contributed by atoms with van der Waals surface area (Å²) in [7, 11) is 2.10. The predicted octanol–water partition coefficient (Wildman–Crippen LogP) is 4.32. The lowest BCUT2D eigenvalue weighted by atomic mass is 10.1. The monoisotopic (exact) mass is 323 g/mol. The van der Waals surface area contributed by atoms with Crippen LogP contribution < -0.4 is 10.2 Å². The summed E-state index contributed by atoms with van der Waals surface area (Å²) in [4.78, 5) is 7.75. The normalized spacial score (nSPS) is 11.7. The molecule has 2 heterocycles. The van der Waals surface area contributed by atoms with Gasteiger partial charge in [-0.3, -0.25) is 4.98 Å². The maximum Gasteiger partial charge on any atom is 0.0931 e. The van der Waals surface area contributed by atoms with Crippen LogP contribution in [0.5, 0.6) is 0 Å². The van der Waals surface area contributed by atoms with Gasteiger partial charge in [0, 0.05) is 47.7 Å². The van der Waals surface area contributed by atoms with Crippen LogP contribution in [0.2, 0.25) is 4.34 Å². The van der Waals surface area contributed by atoms with Gasteiger partial charge in [0.15, 0.2) is 0 Å². The number of hydrogen-bond acceptors (Lipinski definition) is 4. The van der Waals surface area contributed by atoms with Crippen molar-refractivity contribution in [1.29, 1.82) is 0 Å². The molecule has 1 N–H and O–H groups in total. The van der Waals surface area contributed by atoms with E-state index in [0.29, 0.717) is 0 Å². The highest BCUT2D eigenvalue weighted by Crippen LogP contribution is 2.26. The van der Waals surface area contributed by atoms with Crippen LogP contribution in [0.4, 0.5) is 5.69 Å². The molecule has 2 aromatic rings. The zero-order valence-electron chi connectivity index (χ0n) is 13.0. The van der Waals surface area contributed by atoms with E-state index < -0.39 is 0 Å². The van der Waals surface area contributed by atoms with Crippen molar-refractivity contribution in [2.75, 3.05) is 11.9 Å². The Balaban J connectivity index is 2.11. The summed E-state index contributed by atoms with van der Waals surface area (Å²) in [5.74, 6) is 0. The smallest absolute Gasteiger partial charge is 0.0931 e. The lowest BCUT2D eigenvalue weighted by Crippen LogP contribution is -2.35. The Kier molecular flexibility index (Phi) is 5.25. The molecule has 0 spiro atoms. The van der Waals surface area contributed by atoms with Gasteiger partial charge in [-0.05, 0) is 39.0 Å². The Morgan fingerprint density at radius 1 is 1.29 bits per heavy atom. The number of pyridine rings is 1. The third-order valence-corrected chi connectivity index (χ3v) is 4.34. The first kappa shape index (κ1) is 16.3. The zero-order chi connectivity index (χ0) is 15.5. The molecule has 2 rings (SSSR count). The molecule has 0 fully saturated rings. The van der Waals surface area contributed by atoms with Gasteiger partial charge in [0.1, 0.15) is 0 Å². The molecule has 0 aliphatic carbocycles. The van der Waals surface area contributed by atoms with E-state index in [4.69, 9.17) is 11.6 Å². The molecule has 21 heavy (non-hydrogen) atoms. The summed E-state index contributed by atoms with van der Waals surface area (Å²) >= 11 is 7.63. The molecule has 3 nitrogen and oxygen atoms in total. The summed E-state index contributed by atoms with van der Waals surface area (Å²) in [6.07, 6.45) is 3.78. The van der Waals surface area contributed by atoms with E-state index in [9.17, 15) is 0 Å². The standard InChI is InChI=1S/C16H22ClN3S/c1-16(2,3)19-10-12-9-18-8-7-14(12)20(4)11-13-5-6-15(17)21-13/h5-9,19H,10-11H2,1-4H3. The van der Waals surface area contributed by atoms with Gasteiger partial charge in [-0.15, -0.1) is 11.3 Å². The van der Waals surface area contributed by atoms with Crippen LogP contribution >= 0.6 is 22.9 Å². The van der Waals surface area contributed by atoms with Crippen molar-refractivity contribution in [3.05, 3.63) is 45.4 Å². The molecule has 114 valence electrons. The Morgan fingerprint density at radius 2 is 2.05 bits per heavy atom. The van der Waals surface area contributed by atoms with Crippen molar-refractivity contribution in [3.8, 4) is 0 Å². The molecule has 0 aromatic carbocycles. The molecule has 0 radical (unpaired) electrons. The molecule has 0 atom stereocenters. The van der Waals surface area contributed by atoms with Crippen LogP contribution in [-0.4, -0.2) is 17.6 Å². The van der Waals surface area contributed by atoms with Crippen molar-refractivity contribution in [1.82, 2.24) is 10.3 Å². The van der Waals surface area contributed by atoms with Crippen LogP contribution in [0.1, 0.15) is 31.2 Å². The first-order chi connectivity index (χ1) is 9.85. The minimum Gasteiger partial charge on any atom is -0.369 e. The number of halogens is 1. The van der Waals surface area contributed by atoms with Crippen LogP contribution in [0, 0.1) is 0 Å². The predicted molar refractivity (Wildman–Crippen MR) is 92.3 cm³/mol. The molecule has 0 unspecified atom stereocenters. The summed E-state index contributed by atoms with van der Waals surface area (Å²) < 4.78 is 0.836. The van der Waals surface area contributed by atoms with Gasteiger partial charge in [-0.2, -0.15) is 0 Å². The van der Waals surface area contributed by atoms with Gasteiger partial charge in [0.2, 0.25) is 0 Å². The first-order valence-electron chi connectivity index (χ1n) is 6.98. The molecule has 0 bridgehead atoms. The van der Waals surface area contributed by atoms with Crippen molar-refractivity contribution in [3.63, 3.8) is 0 Å². The van der Waals surface area contributed by atoms with Crippen LogP contribution in [0.25, 0.3) is 0 Å². The van der Waals surface area contributed by atoms with E-state index in [0.717, 1.165) is 17.4 Å². The Labute approximate surface area is 136 Å². The average molecular weight is 324 g/mol. The van der Waals surface area contributed by atoms with E-state index in [2.05, 4.69) is 55.2 Å². The maximum atomic E-state index is 6.00. The molecular formula is C16H22ClN3S. The summed E-state index contributed by atoms with van der Waals surface area (Å²) in [5.41, 5.74) is 2.50. The fourth-order valence-corrected chi connectivity index (χ4v) is 3.19. The number of aromatic nitrogens is 1. The second-order valence-corrected chi connectivity index (χ2v) is 7.97. The van der Waals surface area contributed by atoms with Gasteiger partial charge < -0.3 is 10.2 Å². The van der Waals surface area contributed by atoms with Crippen molar-refractivity contribution in [2.45, 2.75) is 39.4 Å². The first-order valence-corrected chi connectivity index (χ1v) is 8.18. The Morgan fingerprint density at radius 3 is 2.67 bits per heavy atom. The van der Waals surface area contributed by atoms with Crippen molar-refractivity contribution < 1.29 is 0 Å². The molecule has 2 aromatic heterocycles. The largest absolute Gasteiger partial charge is 0.369 e. The lowest BCUT2D eigenvalue weighted by Gasteiger charge is -2.25. The topological polar surface area (TPSA) is 28.2 Å². The highest BCUT2D eigenvalue weighted by atomic mass is 35.5. The number of rotatable bonds is 5. The maximum absolute atomic E-state index is 6.00. The Bertz CT molecular complexity index is 589. The van der Waals surface area contributed by atoms with Gasteiger partial charge in [-0.1, -0.05) is 11.6 Å². The highest BCUT2D eigenvalue weighted by Gasteiger charge is 2.13. The fraction of sp³-hybridized carbons (Fsp3) is 0.438. The van der Waals surface area contributed by atoms with Crippen molar-refractivity contribution >= 4 is 28.6 Å². The Hall–Kier alpha value is -1.10. The van der Waals surface area contributed by atoms with Crippen LogP contribution in [-0.2, 0) is 13.1 Å². The van der Waals surface area contributed by atoms with Gasteiger partial charge in [0.25, 0.3) is 0 Å². The summed E-state index contributed by atoms with van der Waals surface area (Å²) in [6.45, 7) is 8.16. The summed E-state index contributed by atoms with van der Waals surface area (Å²) in [6, 6.07) is 6.09. The number of thiophene rings is 1. The molecule has 0 aliphatic rings. The second-order valence-electron chi connectivity index (χ2n) is 6.17. The zero-order valence-corrected chi connectivity index (χ0v) is 14.6. The van der Waals surface area contributed by atoms with E-state index in [-0.39, 0.29) is 5.54 Å². The van der Waals surface area contributed by atoms with Crippen molar-refractivity contribution in [2.24, 2.45) is 0 Å². The SMILES string of the molecule is CN(Cc1ccc(Cl)s1)c1ccncc1CNC(C)(C)C. The quantitative estimate of drug-likeness (QED) is 0.888. The molecule has 0 saturated carbocycles. The third-order valence-electron chi connectivity index (χ3n) is 3.12. The molecule has 0 amide bonds. The van der Waals surface area contributed by atoms with Crippen LogP contribution in [0.3, 0.4) is 0 Å². The van der Waals surface area contributed by atoms with E-state index in [1.165, 1.54) is 16.1 Å². The molecular weight excluding hydrogens is 302 g/mol. The number of nitrogens with zero attached hydrogens (tertiary/aromatic N) is 2. The van der Waals surface area contributed by atoms with E-state index in [1.54, 1.807) is 11.3 Å². The molecule has 5 heteroatoms. The van der Waals surface area contributed by atoms with E-state index in [1.807, 2.05) is 18.5 Å². The average Bonchev–Trinajstić information content (AvgIpc) is 2.81. The minimum absolute atomic E-state index is 0.0902. The van der Waals surface area contributed by atoms with Crippen LogP contribution in [0.15, 0.2) is 30.6 Å². The third kappa shape index (κ3) is 4.99. The number of hydrogen-bond donors (Lipinski definition) is 1. The van der Waals surface area contributed by atoms with Gasteiger partial charge >= 0.3 is 0 Å². The number of nitrogens with one attached hydrogen (secondary N) is 1. The lowest BCUT2D eigenvalue weighted by molar-refractivity contribution is 0.424. The molecule has 0 aliphatic heterocycles. The highest BCUT2D eigenvalue weighted by molar-refractivity contribution is 7.16. The van der Waals surface area contributed by atoms with E-state index >= 15 is 0 Å². The number of anilines is 1. The second kappa shape index (κ2) is 6.77. The van der Waals surface area contributed by atoms with Gasteiger partial charge in [-0.25, -0.2) is 0 Å².